The summed E-state index contributed by atoms with van der Waals surface area (Å²) in [5.74, 6) is 3.32. The standard InChI is InChI=1S/C21H34/c1-14(2)16(5)13-17(6)19(8)21-12-10-9-11-20(21)18(7)15(3)4/h9-10,12,14-16,18,20H,6,8,11,13H2,1-5,7H3. The summed E-state index contributed by atoms with van der Waals surface area (Å²) < 4.78 is 0. The fraction of sp³-hybridized carbons (Fsp3) is 0.619. The van der Waals surface area contributed by atoms with Crippen LogP contribution in [0.1, 0.15) is 54.4 Å². The maximum Gasteiger partial charge on any atom is -0.00933 e. The van der Waals surface area contributed by atoms with Crippen molar-refractivity contribution in [2.75, 3.05) is 0 Å². The highest BCUT2D eigenvalue weighted by atomic mass is 14.3. The zero-order valence-electron chi connectivity index (χ0n) is 14.9. The zero-order valence-corrected chi connectivity index (χ0v) is 14.9. The van der Waals surface area contributed by atoms with E-state index in [-0.39, 0.29) is 0 Å². The van der Waals surface area contributed by atoms with E-state index in [1.165, 1.54) is 16.7 Å². The van der Waals surface area contributed by atoms with Crippen molar-refractivity contribution in [1.29, 1.82) is 0 Å². The third kappa shape index (κ3) is 4.73. The monoisotopic (exact) mass is 286 g/mol. The normalized spacial score (nSPS) is 21.3. The van der Waals surface area contributed by atoms with Gasteiger partial charge in [-0.05, 0) is 59.2 Å². The van der Waals surface area contributed by atoms with E-state index in [1.54, 1.807) is 0 Å². The third-order valence-electron chi connectivity index (χ3n) is 5.37. The molecule has 0 fully saturated rings. The largest absolute Gasteiger partial charge is 0.0952 e. The van der Waals surface area contributed by atoms with Gasteiger partial charge >= 0.3 is 0 Å². The minimum absolute atomic E-state index is 0.591. The SMILES string of the molecule is C=C(CC(C)C(C)C)C(=C)C1=CC=CCC1C(C)C(C)C. The quantitative estimate of drug-likeness (QED) is 0.464. The average molecular weight is 287 g/mol. The maximum absolute atomic E-state index is 4.38. The summed E-state index contributed by atoms with van der Waals surface area (Å²) in [6.07, 6.45) is 8.93. The van der Waals surface area contributed by atoms with Gasteiger partial charge in [-0.1, -0.05) is 72.9 Å². The molecule has 0 aromatic rings. The molecule has 0 spiro atoms. The van der Waals surface area contributed by atoms with Crippen LogP contribution in [0, 0.1) is 29.6 Å². The molecule has 1 aliphatic carbocycles. The molecule has 0 aliphatic heterocycles. The molecule has 0 bridgehead atoms. The fourth-order valence-corrected chi connectivity index (χ4v) is 2.89. The molecule has 0 aromatic heterocycles. The molecule has 3 atom stereocenters. The van der Waals surface area contributed by atoms with Gasteiger partial charge in [-0.15, -0.1) is 0 Å². The minimum atomic E-state index is 0.591. The predicted octanol–water partition coefficient (Wildman–Crippen LogP) is 6.58. The molecule has 1 rings (SSSR count). The third-order valence-corrected chi connectivity index (χ3v) is 5.37. The van der Waals surface area contributed by atoms with Gasteiger partial charge in [0, 0.05) is 0 Å². The molecule has 0 nitrogen and oxygen atoms in total. The van der Waals surface area contributed by atoms with E-state index in [0.717, 1.165) is 12.8 Å². The lowest BCUT2D eigenvalue weighted by molar-refractivity contribution is 0.314. The molecule has 118 valence electrons. The zero-order chi connectivity index (χ0) is 16.2. The molecular formula is C21H34. The Balaban J connectivity index is 2.85. The van der Waals surface area contributed by atoms with Gasteiger partial charge in [-0.25, -0.2) is 0 Å². The Kier molecular flexibility index (Phi) is 6.71. The van der Waals surface area contributed by atoms with Crippen LogP contribution in [0.15, 0.2) is 48.1 Å². The van der Waals surface area contributed by atoms with Gasteiger partial charge in [0.15, 0.2) is 0 Å². The van der Waals surface area contributed by atoms with Crippen molar-refractivity contribution >= 4 is 0 Å². The van der Waals surface area contributed by atoms with Crippen molar-refractivity contribution in [3.63, 3.8) is 0 Å². The summed E-state index contributed by atoms with van der Waals surface area (Å²) >= 11 is 0. The molecule has 1 aliphatic rings. The first kappa shape index (κ1) is 18.0. The van der Waals surface area contributed by atoms with Crippen LogP contribution in [0.4, 0.5) is 0 Å². The van der Waals surface area contributed by atoms with Crippen LogP contribution in [-0.4, -0.2) is 0 Å². The average Bonchev–Trinajstić information content (AvgIpc) is 2.45. The first-order chi connectivity index (χ1) is 9.75. The summed E-state index contributed by atoms with van der Waals surface area (Å²) in [4.78, 5) is 0. The van der Waals surface area contributed by atoms with Crippen LogP contribution in [0.2, 0.25) is 0 Å². The van der Waals surface area contributed by atoms with E-state index in [9.17, 15) is 0 Å². The van der Waals surface area contributed by atoms with Gasteiger partial charge in [0.25, 0.3) is 0 Å². The Morgan fingerprint density at radius 2 is 1.71 bits per heavy atom. The van der Waals surface area contributed by atoms with Crippen molar-refractivity contribution in [1.82, 2.24) is 0 Å². The lowest BCUT2D eigenvalue weighted by Gasteiger charge is -2.32. The highest BCUT2D eigenvalue weighted by molar-refractivity contribution is 5.47. The van der Waals surface area contributed by atoms with Gasteiger partial charge in [-0.2, -0.15) is 0 Å². The summed E-state index contributed by atoms with van der Waals surface area (Å²) in [5, 5.41) is 0. The van der Waals surface area contributed by atoms with Crippen LogP contribution < -0.4 is 0 Å². The first-order valence-corrected chi connectivity index (χ1v) is 8.49. The van der Waals surface area contributed by atoms with E-state index < -0.39 is 0 Å². The van der Waals surface area contributed by atoms with E-state index in [4.69, 9.17) is 0 Å². The lowest BCUT2D eigenvalue weighted by atomic mass is 9.73. The second kappa shape index (κ2) is 7.82. The van der Waals surface area contributed by atoms with Crippen molar-refractivity contribution < 1.29 is 0 Å². The molecule has 0 amide bonds. The van der Waals surface area contributed by atoms with Gasteiger partial charge < -0.3 is 0 Å². The molecule has 0 radical (unpaired) electrons. The Bertz CT molecular complexity index is 431. The molecule has 0 heteroatoms. The topological polar surface area (TPSA) is 0 Å². The van der Waals surface area contributed by atoms with Gasteiger partial charge in [0.05, 0.1) is 0 Å². The van der Waals surface area contributed by atoms with Gasteiger partial charge in [0.2, 0.25) is 0 Å². The Morgan fingerprint density at radius 3 is 2.24 bits per heavy atom. The smallest absolute Gasteiger partial charge is 0.00933 e. The van der Waals surface area contributed by atoms with E-state index >= 15 is 0 Å². The summed E-state index contributed by atoms with van der Waals surface area (Å²) in [7, 11) is 0. The van der Waals surface area contributed by atoms with Gasteiger partial charge in [-0.3, -0.25) is 0 Å². The van der Waals surface area contributed by atoms with Crippen LogP contribution in [0.5, 0.6) is 0 Å². The summed E-state index contributed by atoms with van der Waals surface area (Å²) in [5.41, 5.74) is 3.82. The first-order valence-electron chi connectivity index (χ1n) is 8.49. The predicted molar refractivity (Wildman–Crippen MR) is 96.2 cm³/mol. The Labute approximate surface area is 132 Å². The van der Waals surface area contributed by atoms with E-state index in [0.29, 0.717) is 29.6 Å². The van der Waals surface area contributed by atoms with Crippen molar-refractivity contribution in [2.45, 2.75) is 54.4 Å². The summed E-state index contributed by atoms with van der Waals surface area (Å²) in [6.45, 7) is 22.6. The molecule has 21 heavy (non-hydrogen) atoms. The second-order valence-electron chi connectivity index (χ2n) is 7.50. The second-order valence-corrected chi connectivity index (χ2v) is 7.50. The lowest BCUT2D eigenvalue weighted by Crippen LogP contribution is -2.21. The minimum Gasteiger partial charge on any atom is -0.0952 e. The van der Waals surface area contributed by atoms with E-state index in [2.05, 4.69) is 72.9 Å². The number of rotatable bonds is 7. The number of allylic oxidation sites excluding steroid dienone is 6. The fourth-order valence-electron chi connectivity index (χ4n) is 2.89. The molecule has 0 heterocycles. The number of hydrogen-bond donors (Lipinski definition) is 0. The van der Waals surface area contributed by atoms with Crippen molar-refractivity contribution in [2.24, 2.45) is 29.6 Å². The maximum atomic E-state index is 4.38. The highest BCUT2D eigenvalue weighted by Crippen LogP contribution is 2.38. The van der Waals surface area contributed by atoms with E-state index in [1.807, 2.05) is 0 Å². The van der Waals surface area contributed by atoms with Crippen LogP contribution in [0.25, 0.3) is 0 Å². The summed E-state index contributed by atoms with van der Waals surface area (Å²) in [6, 6.07) is 0. The number of hydrogen-bond acceptors (Lipinski definition) is 0. The molecule has 0 saturated heterocycles. The molecule has 0 saturated carbocycles. The molecule has 0 N–H and O–H groups in total. The van der Waals surface area contributed by atoms with Crippen molar-refractivity contribution in [3.8, 4) is 0 Å². The van der Waals surface area contributed by atoms with Crippen LogP contribution in [-0.2, 0) is 0 Å². The van der Waals surface area contributed by atoms with Gasteiger partial charge in [0.1, 0.15) is 0 Å². The molecular weight excluding hydrogens is 252 g/mol. The van der Waals surface area contributed by atoms with Crippen LogP contribution >= 0.6 is 0 Å². The molecule has 3 unspecified atom stereocenters. The Hall–Kier alpha value is -1.04. The Morgan fingerprint density at radius 1 is 1.10 bits per heavy atom. The molecule has 0 aromatic carbocycles. The van der Waals surface area contributed by atoms with Crippen molar-refractivity contribution in [3.05, 3.63) is 48.1 Å². The van der Waals surface area contributed by atoms with Crippen LogP contribution in [0.3, 0.4) is 0 Å². The highest BCUT2D eigenvalue weighted by Gasteiger charge is 2.26.